The Bertz CT molecular complexity index is 392. The second kappa shape index (κ2) is 6.97. The first-order valence-electron chi connectivity index (χ1n) is 5.48. The van der Waals surface area contributed by atoms with E-state index in [2.05, 4.69) is 10.6 Å². The third kappa shape index (κ3) is 4.72. The Hall–Kier alpha value is -1.60. The number of carboxylic acids is 1. The minimum atomic E-state index is -1.30. The van der Waals surface area contributed by atoms with Gasteiger partial charge in [-0.15, -0.1) is 11.3 Å². The van der Waals surface area contributed by atoms with Gasteiger partial charge in [-0.1, -0.05) is 6.07 Å². The number of aliphatic hydroxyl groups is 1. The van der Waals surface area contributed by atoms with Gasteiger partial charge in [0.25, 0.3) is 0 Å². The van der Waals surface area contributed by atoms with Crippen LogP contribution in [0.25, 0.3) is 0 Å². The highest BCUT2D eigenvalue weighted by Gasteiger charge is 2.24. The molecule has 2 atom stereocenters. The summed E-state index contributed by atoms with van der Waals surface area (Å²) in [6.07, 6.45) is -0.456. The zero-order valence-electron chi connectivity index (χ0n) is 9.92. The van der Waals surface area contributed by atoms with Gasteiger partial charge in [-0.05, 0) is 24.8 Å². The summed E-state index contributed by atoms with van der Waals surface area (Å²) in [4.78, 5) is 23.3. The number of carbonyl (C=O) groups excluding carboxylic acids is 1. The van der Waals surface area contributed by atoms with Crippen molar-refractivity contribution in [2.45, 2.75) is 25.5 Å². The quantitative estimate of drug-likeness (QED) is 0.603. The molecule has 4 N–H and O–H groups in total. The predicted octanol–water partition coefficient (Wildman–Crippen LogP) is 0.424. The maximum atomic E-state index is 11.4. The normalized spacial score (nSPS) is 13.7. The van der Waals surface area contributed by atoms with Crippen LogP contribution in [-0.2, 0) is 11.2 Å². The Morgan fingerprint density at radius 1 is 1.50 bits per heavy atom. The average Bonchev–Trinajstić information content (AvgIpc) is 2.78. The van der Waals surface area contributed by atoms with Crippen LogP contribution < -0.4 is 10.6 Å². The van der Waals surface area contributed by atoms with Crippen molar-refractivity contribution in [1.29, 1.82) is 0 Å². The van der Waals surface area contributed by atoms with Crippen LogP contribution in [0.2, 0.25) is 0 Å². The Morgan fingerprint density at radius 2 is 2.22 bits per heavy atom. The highest BCUT2D eigenvalue weighted by molar-refractivity contribution is 7.09. The molecule has 7 heteroatoms. The van der Waals surface area contributed by atoms with Gasteiger partial charge < -0.3 is 20.8 Å². The van der Waals surface area contributed by atoms with Crippen LogP contribution in [0, 0.1) is 0 Å². The van der Waals surface area contributed by atoms with Crippen LogP contribution in [0.3, 0.4) is 0 Å². The largest absolute Gasteiger partial charge is 0.480 e. The first-order chi connectivity index (χ1) is 8.50. The van der Waals surface area contributed by atoms with Crippen molar-refractivity contribution < 1.29 is 19.8 Å². The van der Waals surface area contributed by atoms with Gasteiger partial charge in [-0.2, -0.15) is 0 Å². The lowest BCUT2D eigenvalue weighted by atomic mass is 10.2. The molecule has 1 aromatic heterocycles. The van der Waals surface area contributed by atoms with Crippen LogP contribution in [-0.4, -0.2) is 40.9 Å². The van der Waals surface area contributed by atoms with Gasteiger partial charge in [0.1, 0.15) is 0 Å². The number of hydrogen-bond donors (Lipinski definition) is 4. The summed E-state index contributed by atoms with van der Waals surface area (Å²) in [7, 11) is 0. The smallest absolute Gasteiger partial charge is 0.328 e. The summed E-state index contributed by atoms with van der Waals surface area (Å²) in [6, 6.07) is 1.99. The molecular formula is C11H16N2O4S. The molecule has 100 valence electrons. The molecule has 18 heavy (non-hydrogen) atoms. The molecule has 0 fully saturated rings. The van der Waals surface area contributed by atoms with E-state index in [4.69, 9.17) is 5.11 Å². The fourth-order valence-corrected chi connectivity index (χ4v) is 2.04. The van der Waals surface area contributed by atoms with E-state index in [0.717, 1.165) is 4.88 Å². The second-order valence-corrected chi connectivity index (χ2v) is 4.82. The number of hydrogen-bond acceptors (Lipinski definition) is 4. The Labute approximate surface area is 109 Å². The number of carboxylic acid groups (broad SMARTS) is 1. The van der Waals surface area contributed by atoms with Crippen LogP contribution >= 0.6 is 11.3 Å². The molecule has 0 spiro atoms. The van der Waals surface area contributed by atoms with E-state index in [-0.39, 0.29) is 0 Å². The average molecular weight is 272 g/mol. The molecule has 0 saturated carbocycles. The van der Waals surface area contributed by atoms with Gasteiger partial charge in [-0.25, -0.2) is 9.59 Å². The number of amides is 2. The first kappa shape index (κ1) is 14.5. The molecule has 0 radical (unpaired) electrons. The van der Waals surface area contributed by atoms with Crippen LogP contribution in [0.4, 0.5) is 4.79 Å². The number of aliphatic hydroxyl groups excluding tert-OH is 1. The van der Waals surface area contributed by atoms with Gasteiger partial charge in [0.2, 0.25) is 0 Å². The zero-order valence-corrected chi connectivity index (χ0v) is 10.7. The summed E-state index contributed by atoms with van der Waals surface area (Å²) >= 11 is 1.59. The van der Waals surface area contributed by atoms with Gasteiger partial charge in [-0.3, -0.25) is 0 Å². The number of urea groups is 1. The molecule has 1 rings (SSSR count). The predicted molar refractivity (Wildman–Crippen MR) is 67.7 cm³/mol. The van der Waals surface area contributed by atoms with E-state index in [1.807, 2.05) is 17.5 Å². The number of aliphatic carboxylic acids is 1. The molecule has 2 amide bonds. The first-order valence-corrected chi connectivity index (χ1v) is 6.36. The summed E-state index contributed by atoms with van der Waals surface area (Å²) < 4.78 is 0. The van der Waals surface area contributed by atoms with Crippen molar-refractivity contribution in [1.82, 2.24) is 10.6 Å². The van der Waals surface area contributed by atoms with E-state index in [0.29, 0.717) is 13.0 Å². The summed E-state index contributed by atoms with van der Waals surface area (Å²) in [6.45, 7) is 1.73. The lowest BCUT2D eigenvalue weighted by molar-refractivity contribution is -0.141. The summed E-state index contributed by atoms with van der Waals surface area (Å²) in [5.41, 5.74) is 0. The molecule has 0 aliphatic rings. The number of nitrogens with one attached hydrogen (secondary N) is 2. The van der Waals surface area contributed by atoms with E-state index < -0.39 is 24.1 Å². The van der Waals surface area contributed by atoms with Gasteiger partial charge in [0, 0.05) is 11.4 Å². The Kier molecular flexibility index (Phi) is 5.60. The van der Waals surface area contributed by atoms with E-state index in [1.165, 1.54) is 6.92 Å². The molecule has 0 aliphatic heterocycles. The fraction of sp³-hybridized carbons (Fsp3) is 0.455. The molecule has 2 unspecified atom stereocenters. The summed E-state index contributed by atoms with van der Waals surface area (Å²) in [5, 5.41) is 24.6. The van der Waals surface area contributed by atoms with Crippen LogP contribution in [0.15, 0.2) is 17.5 Å². The van der Waals surface area contributed by atoms with Crippen molar-refractivity contribution in [2.24, 2.45) is 0 Å². The minimum absolute atomic E-state index is 0.415. The molecule has 6 nitrogen and oxygen atoms in total. The lowest BCUT2D eigenvalue weighted by Crippen LogP contribution is -2.51. The topological polar surface area (TPSA) is 98.7 Å². The molecule has 0 aromatic carbocycles. The lowest BCUT2D eigenvalue weighted by Gasteiger charge is -2.17. The molecule has 0 bridgehead atoms. The second-order valence-electron chi connectivity index (χ2n) is 3.79. The van der Waals surface area contributed by atoms with E-state index >= 15 is 0 Å². The van der Waals surface area contributed by atoms with Crippen LogP contribution in [0.5, 0.6) is 0 Å². The van der Waals surface area contributed by atoms with Crippen molar-refractivity contribution in [3.05, 3.63) is 22.4 Å². The summed E-state index contributed by atoms with van der Waals surface area (Å²) in [5.74, 6) is -1.27. The minimum Gasteiger partial charge on any atom is -0.480 e. The molecule has 1 heterocycles. The molecule has 1 aromatic rings. The molecule has 0 aliphatic carbocycles. The van der Waals surface area contributed by atoms with Crippen molar-refractivity contribution in [3.63, 3.8) is 0 Å². The maximum absolute atomic E-state index is 11.4. The van der Waals surface area contributed by atoms with Gasteiger partial charge >= 0.3 is 12.0 Å². The Morgan fingerprint density at radius 3 is 2.72 bits per heavy atom. The SMILES string of the molecule is CC(O)C(NC(=O)NCCc1cccs1)C(=O)O. The third-order valence-corrected chi connectivity index (χ3v) is 3.21. The maximum Gasteiger partial charge on any atom is 0.328 e. The van der Waals surface area contributed by atoms with E-state index in [9.17, 15) is 14.7 Å². The van der Waals surface area contributed by atoms with Crippen molar-refractivity contribution in [2.75, 3.05) is 6.54 Å². The number of thiophene rings is 1. The highest BCUT2D eigenvalue weighted by Crippen LogP contribution is 2.07. The van der Waals surface area contributed by atoms with Crippen molar-refractivity contribution >= 4 is 23.3 Å². The monoisotopic (exact) mass is 272 g/mol. The fourth-order valence-electron chi connectivity index (χ4n) is 1.34. The van der Waals surface area contributed by atoms with Gasteiger partial charge in [0.05, 0.1) is 6.10 Å². The van der Waals surface area contributed by atoms with Crippen molar-refractivity contribution in [3.8, 4) is 0 Å². The van der Waals surface area contributed by atoms with Crippen LogP contribution in [0.1, 0.15) is 11.8 Å². The standard InChI is InChI=1S/C11H16N2O4S/c1-7(14)9(10(15)16)13-11(17)12-5-4-8-3-2-6-18-8/h2-3,6-7,9,14H,4-5H2,1H3,(H,15,16)(H2,12,13,17). The van der Waals surface area contributed by atoms with Gasteiger partial charge in [0.15, 0.2) is 6.04 Å². The number of carbonyl (C=O) groups is 2. The zero-order chi connectivity index (χ0) is 13.5. The highest BCUT2D eigenvalue weighted by atomic mass is 32.1. The third-order valence-electron chi connectivity index (χ3n) is 2.27. The number of rotatable bonds is 6. The van der Waals surface area contributed by atoms with E-state index in [1.54, 1.807) is 11.3 Å². The molecule has 0 saturated heterocycles. The molecular weight excluding hydrogens is 256 g/mol. The Balaban J connectivity index is 2.30.